The third-order valence-corrected chi connectivity index (χ3v) is 3.69. The van der Waals surface area contributed by atoms with E-state index < -0.39 is 11.8 Å². The lowest BCUT2D eigenvalue weighted by Crippen LogP contribution is -2.28. The van der Waals surface area contributed by atoms with Gasteiger partial charge in [-0.1, -0.05) is 12.1 Å². The van der Waals surface area contributed by atoms with E-state index in [0.29, 0.717) is 12.3 Å². The highest BCUT2D eigenvalue weighted by Gasteiger charge is 2.09. The molecule has 0 aliphatic heterocycles. The lowest BCUT2D eigenvalue weighted by molar-refractivity contribution is -0.114. The van der Waals surface area contributed by atoms with Crippen LogP contribution >= 0.6 is 0 Å². The van der Waals surface area contributed by atoms with Gasteiger partial charge >= 0.3 is 6.03 Å². The highest BCUT2D eigenvalue weighted by atomic mass is 19.1. The van der Waals surface area contributed by atoms with Crippen LogP contribution in [0, 0.1) is 5.82 Å². The van der Waals surface area contributed by atoms with Crippen molar-refractivity contribution < 1.29 is 18.7 Å². The molecule has 0 aliphatic carbocycles. The Morgan fingerprint density at radius 2 is 1.89 bits per heavy atom. The van der Waals surface area contributed by atoms with Gasteiger partial charge < -0.3 is 25.6 Å². The van der Waals surface area contributed by atoms with Gasteiger partial charge in [-0.05, 0) is 50.0 Å². The van der Waals surface area contributed by atoms with Crippen LogP contribution < -0.4 is 20.7 Å². The number of carbonyl (C=O) groups is 2. The predicted octanol–water partition coefficient (Wildman–Crippen LogP) is 3.05. The van der Waals surface area contributed by atoms with Crippen molar-refractivity contribution >= 4 is 23.3 Å². The van der Waals surface area contributed by atoms with Crippen LogP contribution in [0.3, 0.4) is 0 Å². The van der Waals surface area contributed by atoms with Gasteiger partial charge in [-0.3, -0.25) is 4.79 Å². The number of rotatable bonds is 8. The quantitative estimate of drug-likeness (QED) is 0.649. The normalized spacial score (nSPS) is 10.5. The number of hydrogen-bond acceptors (Lipinski definition) is 4. The summed E-state index contributed by atoms with van der Waals surface area (Å²) in [6.07, 6.45) is 0. The molecule has 0 radical (unpaired) electrons. The largest absolute Gasteiger partial charge is 0.492 e. The van der Waals surface area contributed by atoms with Gasteiger partial charge in [0.15, 0.2) is 0 Å². The molecular weight excluding hydrogens is 363 g/mol. The summed E-state index contributed by atoms with van der Waals surface area (Å²) in [4.78, 5) is 25.2. The molecule has 2 rings (SSSR count). The van der Waals surface area contributed by atoms with Gasteiger partial charge in [0.05, 0.1) is 5.69 Å². The Balaban J connectivity index is 1.89. The van der Waals surface area contributed by atoms with Gasteiger partial charge in [-0.25, -0.2) is 9.18 Å². The minimum atomic E-state index is -0.597. The van der Waals surface area contributed by atoms with E-state index in [9.17, 15) is 14.0 Å². The van der Waals surface area contributed by atoms with Crippen LogP contribution in [0.15, 0.2) is 42.5 Å². The number of amides is 3. The first-order chi connectivity index (χ1) is 13.3. The van der Waals surface area contributed by atoms with Gasteiger partial charge in [0.25, 0.3) is 0 Å². The van der Waals surface area contributed by atoms with Crippen LogP contribution in [-0.4, -0.2) is 44.1 Å². The van der Waals surface area contributed by atoms with Crippen molar-refractivity contribution in [1.82, 2.24) is 10.2 Å². The monoisotopic (exact) mass is 388 g/mol. The molecule has 0 aliphatic rings. The molecular formula is C20H25FN4O3. The van der Waals surface area contributed by atoms with Crippen molar-refractivity contribution in [3.8, 4) is 5.75 Å². The SMILES string of the molecule is CC(=O)Nc1ccc(F)c(NC(=O)NCc2cccc(OCCN(C)C)c2)c1. The zero-order chi connectivity index (χ0) is 20.5. The maximum Gasteiger partial charge on any atom is 0.319 e. The molecule has 2 aromatic rings. The summed E-state index contributed by atoms with van der Waals surface area (Å²) in [6, 6.07) is 10.8. The van der Waals surface area contributed by atoms with Crippen molar-refractivity contribution in [3.05, 3.63) is 53.8 Å². The molecule has 0 aromatic heterocycles. The van der Waals surface area contributed by atoms with Crippen molar-refractivity contribution in [2.45, 2.75) is 13.5 Å². The van der Waals surface area contributed by atoms with E-state index in [2.05, 4.69) is 16.0 Å². The number of halogens is 1. The number of nitrogens with one attached hydrogen (secondary N) is 3. The van der Waals surface area contributed by atoms with Crippen LogP contribution in [0.5, 0.6) is 5.75 Å². The number of benzene rings is 2. The molecule has 0 saturated carbocycles. The molecule has 0 unspecified atom stereocenters. The fraction of sp³-hybridized carbons (Fsp3) is 0.300. The Hall–Kier alpha value is -3.13. The van der Waals surface area contributed by atoms with E-state index in [4.69, 9.17) is 4.74 Å². The minimum absolute atomic E-state index is 0.0236. The molecule has 0 saturated heterocycles. The van der Waals surface area contributed by atoms with E-state index in [1.807, 2.05) is 43.3 Å². The molecule has 3 N–H and O–H groups in total. The highest BCUT2D eigenvalue weighted by molar-refractivity contribution is 5.92. The second-order valence-electron chi connectivity index (χ2n) is 6.48. The van der Waals surface area contributed by atoms with Gasteiger partial charge in [-0.15, -0.1) is 0 Å². The highest BCUT2D eigenvalue weighted by Crippen LogP contribution is 2.19. The van der Waals surface area contributed by atoms with Crippen molar-refractivity contribution in [3.63, 3.8) is 0 Å². The van der Waals surface area contributed by atoms with E-state index in [1.54, 1.807) is 0 Å². The summed E-state index contributed by atoms with van der Waals surface area (Å²) in [6.45, 7) is 2.97. The van der Waals surface area contributed by atoms with Crippen molar-refractivity contribution in [2.24, 2.45) is 0 Å². The molecule has 7 nitrogen and oxygen atoms in total. The first-order valence-electron chi connectivity index (χ1n) is 8.82. The molecule has 0 spiro atoms. The number of hydrogen-bond donors (Lipinski definition) is 3. The van der Waals surface area contributed by atoms with Gasteiger partial charge in [-0.2, -0.15) is 0 Å². The average Bonchev–Trinajstić information content (AvgIpc) is 2.62. The molecule has 0 heterocycles. The number of carbonyl (C=O) groups excluding carboxylic acids is 2. The standard InChI is InChI=1S/C20H25FN4O3/c1-14(26)23-16-7-8-18(21)19(12-16)24-20(27)22-13-15-5-4-6-17(11-15)28-10-9-25(2)3/h4-8,11-12H,9-10,13H2,1-3H3,(H,23,26)(H2,22,24,27). The number of urea groups is 1. The molecule has 0 fully saturated rings. The first kappa shape index (κ1) is 21.2. The summed E-state index contributed by atoms with van der Waals surface area (Å²) >= 11 is 0. The van der Waals surface area contributed by atoms with Crippen molar-refractivity contribution in [1.29, 1.82) is 0 Å². The fourth-order valence-corrected chi connectivity index (χ4v) is 2.34. The lowest BCUT2D eigenvalue weighted by Gasteiger charge is -2.12. The summed E-state index contributed by atoms with van der Waals surface area (Å²) in [5, 5.41) is 7.65. The van der Waals surface area contributed by atoms with Crippen LogP contribution in [0.25, 0.3) is 0 Å². The van der Waals surface area contributed by atoms with E-state index in [-0.39, 0.29) is 18.1 Å². The second-order valence-corrected chi connectivity index (χ2v) is 6.48. The van der Waals surface area contributed by atoms with Crippen molar-refractivity contribution in [2.75, 3.05) is 37.9 Å². The Bertz CT molecular complexity index is 827. The molecule has 28 heavy (non-hydrogen) atoms. The topological polar surface area (TPSA) is 82.7 Å². The molecule has 0 bridgehead atoms. The smallest absolute Gasteiger partial charge is 0.319 e. The van der Waals surface area contributed by atoms with Crippen LogP contribution in [0.4, 0.5) is 20.6 Å². The molecule has 150 valence electrons. The maximum absolute atomic E-state index is 13.9. The Kier molecular flexibility index (Phi) is 7.76. The molecule has 0 atom stereocenters. The Morgan fingerprint density at radius 3 is 2.61 bits per heavy atom. The third-order valence-electron chi connectivity index (χ3n) is 3.69. The zero-order valence-electron chi connectivity index (χ0n) is 16.2. The summed E-state index contributed by atoms with van der Waals surface area (Å²) in [5.74, 6) is -0.161. The van der Waals surface area contributed by atoms with E-state index in [1.165, 1.54) is 25.1 Å². The summed E-state index contributed by atoms with van der Waals surface area (Å²) in [7, 11) is 3.94. The third kappa shape index (κ3) is 7.24. The lowest BCUT2D eigenvalue weighted by atomic mass is 10.2. The van der Waals surface area contributed by atoms with E-state index in [0.717, 1.165) is 17.9 Å². The zero-order valence-corrected chi connectivity index (χ0v) is 16.2. The predicted molar refractivity (Wildman–Crippen MR) is 107 cm³/mol. The number of nitrogens with zero attached hydrogens (tertiary/aromatic N) is 1. The number of anilines is 2. The average molecular weight is 388 g/mol. The van der Waals surface area contributed by atoms with Gasteiger partial charge in [0, 0.05) is 25.7 Å². The first-order valence-corrected chi connectivity index (χ1v) is 8.82. The minimum Gasteiger partial charge on any atom is -0.492 e. The number of ether oxygens (including phenoxy) is 1. The second kappa shape index (κ2) is 10.3. The summed E-state index contributed by atoms with van der Waals surface area (Å²) < 4.78 is 19.5. The Morgan fingerprint density at radius 1 is 1.11 bits per heavy atom. The summed E-state index contributed by atoms with van der Waals surface area (Å²) in [5.41, 5.74) is 1.22. The van der Waals surface area contributed by atoms with E-state index >= 15 is 0 Å². The van der Waals surface area contributed by atoms with Gasteiger partial charge in [0.2, 0.25) is 5.91 Å². The van der Waals surface area contributed by atoms with Crippen LogP contribution in [-0.2, 0) is 11.3 Å². The molecule has 8 heteroatoms. The molecule has 2 aromatic carbocycles. The maximum atomic E-state index is 13.9. The van der Waals surface area contributed by atoms with Crippen LogP contribution in [0.1, 0.15) is 12.5 Å². The van der Waals surface area contributed by atoms with Gasteiger partial charge in [0.1, 0.15) is 18.2 Å². The fourth-order valence-electron chi connectivity index (χ4n) is 2.34. The number of likely N-dealkylation sites (N-methyl/N-ethyl adjacent to an activating group) is 1. The molecule has 3 amide bonds. The Labute approximate surface area is 163 Å². The van der Waals surface area contributed by atoms with Crippen LogP contribution in [0.2, 0.25) is 0 Å².